The number of thioether (sulfide) groups is 1. The zero-order valence-electron chi connectivity index (χ0n) is 14.6. The van der Waals surface area contributed by atoms with Gasteiger partial charge >= 0.3 is 0 Å². The summed E-state index contributed by atoms with van der Waals surface area (Å²) in [6.45, 7) is 10.9. The van der Waals surface area contributed by atoms with Crippen LogP contribution in [0.4, 0.5) is 0 Å². The summed E-state index contributed by atoms with van der Waals surface area (Å²) in [5.41, 5.74) is 3.01. The second-order valence-electron chi connectivity index (χ2n) is 6.92. The fraction of sp³-hybridized carbons (Fsp3) is 0.667. The molecule has 1 atom stereocenters. The van der Waals surface area contributed by atoms with Crippen LogP contribution in [0.25, 0.3) is 0 Å². The average Bonchev–Trinajstić information content (AvgIpc) is 2.42. The maximum atomic E-state index is 3.59. The Balaban J connectivity index is 2.65. The first-order valence-corrected chi connectivity index (χ1v) is 9.24. The third-order valence-electron chi connectivity index (χ3n) is 3.84. The summed E-state index contributed by atoms with van der Waals surface area (Å²) in [4.78, 5) is 2.46. The van der Waals surface area contributed by atoms with Crippen molar-refractivity contribution in [3.05, 3.63) is 35.4 Å². The first kappa shape index (κ1) is 18.5. The number of rotatable bonds is 8. The normalized spacial score (nSPS) is 13.7. The molecule has 0 aliphatic rings. The number of hydrogen-bond acceptors (Lipinski definition) is 3. The summed E-state index contributed by atoms with van der Waals surface area (Å²) >= 11 is 1.93. The predicted octanol–water partition coefficient (Wildman–Crippen LogP) is 4.15. The Morgan fingerprint density at radius 1 is 1.19 bits per heavy atom. The van der Waals surface area contributed by atoms with E-state index in [0.29, 0.717) is 6.04 Å². The number of benzene rings is 1. The van der Waals surface area contributed by atoms with E-state index >= 15 is 0 Å². The van der Waals surface area contributed by atoms with Crippen LogP contribution >= 0.6 is 11.8 Å². The van der Waals surface area contributed by atoms with Gasteiger partial charge in [0.1, 0.15) is 0 Å². The third-order valence-corrected chi connectivity index (χ3v) is 4.48. The quantitative estimate of drug-likeness (QED) is 0.777. The van der Waals surface area contributed by atoms with E-state index in [1.807, 2.05) is 11.8 Å². The Labute approximate surface area is 135 Å². The second kappa shape index (κ2) is 8.82. The van der Waals surface area contributed by atoms with Crippen molar-refractivity contribution in [2.75, 3.05) is 19.1 Å². The lowest BCUT2D eigenvalue weighted by molar-refractivity contribution is 0.244. The van der Waals surface area contributed by atoms with E-state index in [0.717, 1.165) is 13.1 Å². The number of hydrogen-bond donors (Lipinski definition) is 1. The van der Waals surface area contributed by atoms with E-state index in [4.69, 9.17) is 0 Å². The van der Waals surface area contributed by atoms with Crippen LogP contribution < -0.4 is 5.32 Å². The Morgan fingerprint density at radius 3 is 2.38 bits per heavy atom. The van der Waals surface area contributed by atoms with Crippen LogP contribution in [0, 0.1) is 0 Å². The van der Waals surface area contributed by atoms with Crippen molar-refractivity contribution in [3.63, 3.8) is 0 Å². The molecule has 0 amide bonds. The van der Waals surface area contributed by atoms with Crippen LogP contribution in [0.15, 0.2) is 24.3 Å². The zero-order chi connectivity index (χ0) is 15.9. The van der Waals surface area contributed by atoms with Crippen LogP contribution in [-0.2, 0) is 13.1 Å². The molecule has 0 aliphatic carbocycles. The maximum absolute atomic E-state index is 3.59. The van der Waals surface area contributed by atoms with E-state index in [2.05, 4.69) is 75.5 Å². The van der Waals surface area contributed by atoms with E-state index in [9.17, 15) is 0 Å². The summed E-state index contributed by atoms with van der Waals surface area (Å²) in [5, 5.41) is 3.59. The van der Waals surface area contributed by atoms with Gasteiger partial charge in [0.25, 0.3) is 0 Å². The minimum absolute atomic E-state index is 0.157. The molecule has 0 saturated heterocycles. The minimum Gasteiger partial charge on any atom is -0.308 e. The van der Waals surface area contributed by atoms with Crippen molar-refractivity contribution in [1.82, 2.24) is 10.2 Å². The largest absolute Gasteiger partial charge is 0.308 e. The highest BCUT2D eigenvalue weighted by Gasteiger charge is 2.13. The molecular weight excluding hydrogens is 276 g/mol. The van der Waals surface area contributed by atoms with Gasteiger partial charge in [0.15, 0.2) is 0 Å². The highest BCUT2D eigenvalue weighted by Crippen LogP contribution is 2.15. The van der Waals surface area contributed by atoms with Crippen molar-refractivity contribution in [1.29, 1.82) is 0 Å². The molecule has 0 radical (unpaired) electrons. The molecule has 1 aromatic carbocycles. The third kappa shape index (κ3) is 7.35. The predicted molar refractivity (Wildman–Crippen MR) is 97.0 cm³/mol. The topological polar surface area (TPSA) is 15.3 Å². The summed E-state index contributed by atoms with van der Waals surface area (Å²) in [6, 6.07) is 9.42. The molecule has 0 aliphatic heterocycles. The molecule has 120 valence electrons. The molecule has 0 bridgehead atoms. The van der Waals surface area contributed by atoms with Crippen molar-refractivity contribution < 1.29 is 0 Å². The van der Waals surface area contributed by atoms with Gasteiger partial charge in [-0.3, -0.25) is 4.90 Å². The summed E-state index contributed by atoms with van der Waals surface area (Å²) in [7, 11) is 2.24. The fourth-order valence-electron chi connectivity index (χ4n) is 2.18. The summed E-state index contributed by atoms with van der Waals surface area (Å²) < 4.78 is 0. The molecule has 1 rings (SSSR count). The molecule has 0 saturated carbocycles. The lowest BCUT2D eigenvalue weighted by Gasteiger charge is -2.26. The van der Waals surface area contributed by atoms with Crippen LogP contribution in [0.3, 0.4) is 0 Å². The molecule has 3 heteroatoms. The van der Waals surface area contributed by atoms with Crippen LogP contribution in [-0.4, -0.2) is 35.5 Å². The lowest BCUT2D eigenvalue weighted by Crippen LogP contribution is -2.35. The SMILES string of the molecule is CSCCC(C)N(C)Cc1ccccc1CNC(C)(C)C. The highest BCUT2D eigenvalue weighted by atomic mass is 32.2. The number of nitrogens with one attached hydrogen (secondary N) is 1. The molecule has 1 N–H and O–H groups in total. The van der Waals surface area contributed by atoms with Crippen LogP contribution in [0.1, 0.15) is 45.2 Å². The first-order chi connectivity index (χ1) is 9.83. The Hall–Kier alpha value is -0.510. The molecule has 21 heavy (non-hydrogen) atoms. The van der Waals surface area contributed by atoms with Crippen molar-refractivity contribution in [3.8, 4) is 0 Å². The van der Waals surface area contributed by atoms with Gasteiger partial charge in [-0.2, -0.15) is 11.8 Å². The van der Waals surface area contributed by atoms with Gasteiger partial charge in [-0.25, -0.2) is 0 Å². The van der Waals surface area contributed by atoms with Gasteiger partial charge in [-0.15, -0.1) is 0 Å². The van der Waals surface area contributed by atoms with Gasteiger partial charge in [0, 0.05) is 24.7 Å². The Kier molecular flexibility index (Phi) is 7.78. The van der Waals surface area contributed by atoms with Crippen LogP contribution in [0.5, 0.6) is 0 Å². The highest BCUT2D eigenvalue weighted by molar-refractivity contribution is 7.98. The fourth-order valence-corrected chi connectivity index (χ4v) is 2.75. The van der Waals surface area contributed by atoms with Crippen molar-refractivity contribution in [2.45, 2.75) is 58.8 Å². The zero-order valence-corrected chi connectivity index (χ0v) is 15.4. The summed E-state index contributed by atoms with van der Waals surface area (Å²) in [5.74, 6) is 1.23. The van der Waals surface area contributed by atoms with E-state index in [1.54, 1.807) is 0 Å². The monoisotopic (exact) mass is 308 g/mol. The van der Waals surface area contributed by atoms with Gasteiger partial charge in [0.05, 0.1) is 0 Å². The summed E-state index contributed by atoms with van der Waals surface area (Å²) in [6.07, 6.45) is 3.43. The van der Waals surface area contributed by atoms with Crippen molar-refractivity contribution >= 4 is 11.8 Å². The molecule has 0 spiro atoms. The van der Waals surface area contributed by atoms with Crippen molar-refractivity contribution in [2.24, 2.45) is 0 Å². The average molecular weight is 309 g/mol. The Morgan fingerprint density at radius 2 is 1.81 bits per heavy atom. The van der Waals surface area contributed by atoms with E-state index < -0.39 is 0 Å². The van der Waals surface area contributed by atoms with E-state index in [1.165, 1.54) is 23.3 Å². The molecular formula is C18H32N2S. The van der Waals surface area contributed by atoms with E-state index in [-0.39, 0.29) is 5.54 Å². The van der Waals surface area contributed by atoms with Gasteiger partial charge in [-0.05, 0) is 64.3 Å². The van der Waals surface area contributed by atoms with Gasteiger partial charge in [0.2, 0.25) is 0 Å². The molecule has 0 fully saturated rings. The standard InChI is InChI=1S/C18H32N2S/c1-15(11-12-21-6)20(5)14-17-10-8-7-9-16(17)13-19-18(2,3)4/h7-10,15,19H,11-14H2,1-6H3. The van der Waals surface area contributed by atoms with Gasteiger partial charge in [-0.1, -0.05) is 24.3 Å². The molecule has 1 unspecified atom stereocenters. The second-order valence-corrected chi connectivity index (χ2v) is 7.90. The molecule has 0 aromatic heterocycles. The maximum Gasteiger partial charge on any atom is 0.0236 e. The smallest absolute Gasteiger partial charge is 0.0236 e. The molecule has 0 heterocycles. The minimum atomic E-state index is 0.157. The Bertz CT molecular complexity index is 412. The molecule has 1 aromatic rings. The first-order valence-electron chi connectivity index (χ1n) is 7.84. The van der Waals surface area contributed by atoms with Gasteiger partial charge < -0.3 is 5.32 Å². The molecule has 2 nitrogen and oxygen atoms in total. The number of nitrogens with zero attached hydrogens (tertiary/aromatic N) is 1. The lowest BCUT2D eigenvalue weighted by atomic mass is 10.0. The van der Waals surface area contributed by atoms with Crippen LogP contribution in [0.2, 0.25) is 0 Å².